The first-order valence-corrected chi connectivity index (χ1v) is 18.7. The van der Waals surface area contributed by atoms with Gasteiger partial charge in [0.2, 0.25) is 5.91 Å². The van der Waals surface area contributed by atoms with Gasteiger partial charge in [0.15, 0.2) is 6.10 Å². The highest BCUT2D eigenvalue weighted by Crippen LogP contribution is 2.33. The van der Waals surface area contributed by atoms with Crippen LogP contribution in [0.2, 0.25) is 0 Å². The molecule has 2 aliphatic heterocycles. The SMILES string of the molecule is CC(C)(C)OC(=O)N1CCN(C(=O)C(Cc2ccccc2)Oc2cccc(N3CCCC(C(=O)N(Cc4ccc(Br)cc4)C4CC4)C3)c2)CC1. The van der Waals surface area contributed by atoms with E-state index in [1.807, 2.05) is 81.4 Å². The Morgan fingerprint density at radius 1 is 0.840 bits per heavy atom. The molecule has 50 heavy (non-hydrogen) atoms. The number of hydrogen-bond acceptors (Lipinski definition) is 6. The zero-order chi connectivity index (χ0) is 35.3. The summed E-state index contributed by atoms with van der Waals surface area (Å²) in [5.41, 5.74) is 2.57. The number of halogens is 1. The van der Waals surface area contributed by atoms with E-state index in [1.54, 1.807) is 9.80 Å². The number of piperidine rings is 1. The molecule has 10 heteroatoms. The standard InChI is InChI=1S/C40H49BrN4O5/c1-40(2,3)50-39(48)43-23-21-42(22-24-43)38(47)36(25-29-9-5-4-6-10-29)49-35-13-7-12-34(26-35)44-20-8-11-31(28-44)37(46)45(33-18-19-33)27-30-14-16-32(41)17-15-30/h4-7,9-10,12-17,26,31,33,36H,8,11,18-25,27-28H2,1-3H3. The van der Waals surface area contributed by atoms with Gasteiger partial charge in [0.05, 0.1) is 5.92 Å². The summed E-state index contributed by atoms with van der Waals surface area (Å²) in [5.74, 6) is 0.689. The fourth-order valence-corrected chi connectivity index (χ4v) is 7.04. The minimum absolute atomic E-state index is 0.0730. The van der Waals surface area contributed by atoms with Crippen LogP contribution in [-0.4, -0.2) is 89.6 Å². The topological polar surface area (TPSA) is 82.6 Å². The Morgan fingerprint density at radius 3 is 2.22 bits per heavy atom. The van der Waals surface area contributed by atoms with Crippen molar-refractivity contribution in [1.29, 1.82) is 0 Å². The van der Waals surface area contributed by atoms with Crippen LogP contribution in [0.5, 0.6) is 5.75 Å². The molecule has 3 aliphatic rings. The quantitative estimate of drug-likeness (QED) is 0.224. The van der Waals surface area contributed by atoms with Crippen LogP contribution in [0, 0.1) is 5.92 Å². The van der Waals surface area contributed by atoms with Gasteiger partial charge < -0.3 is 29.1 Å². The molecule has 0 aromatic heterocycles. The molecule has 3 aromatic carbocycles. The molecule has 0 radical (unpaired) electrons. The molecule has 6 rings (SSSR count). The van der Waals surface area contributed by atoms with Crippen LogP contribution in [0.1, 0.15) is 57.6 Å². The number of ether oxygens (including phenoxy) is 2. The fraction of sp³-hybridized carbons (Fsp3) is 0.475. The van der Waals surface area contributed by atoms with Crippen molar-refractivity contribution >= 4 is 39.5 Å². The Hall–Kier alpha value is -4.05. The minimum Gasteiger partial charge on any atom is -0.480 e. The van der Waals surface area contributed by atoms with Crippen molar-refractivity contribution in [3.63, 3.8) is 0 Å². The zero-order valence-corrected chi connectivity index (χ0v) is 31.0. The van der Waals surface area contributed by atoms with Crippen molar-refractivity contribution < 1.29 is 23.9 Å². The van der Waals surface area contributed by atoms with Crippen LogP contribution >= 0.6 is 15.9 Å². The van der Waals surface area contributed by atoms with Gasteiger partial charge in [0.1, 0.15) is 11.4 Å². The zero-order valence-electron chi connectivity index (χ0n) is 29.4. The summed E-state index contributed by atoms with van der Waals surface area (Å²) in [6, 6.07) is 26.4. The highest BCUT2D eigenvalue weighted by molar-refractivity contribution is 9.10. The molecule has 3 fully saturated rings. The van der Waals surface area contributed by atoms with Crippen molar-refractivity contribution in [2.75, 3.05) is 44.2 Å². The lowest BCUT2D eigenvalue weighted by molar-refractivity contribution is -0.140. The second-order valence-corrected chi connectivity index (χ2v) is 15.6. The predicted molar refractivity (Wildman–Crippen MR) is 198 cm³/mol. The highest BCUT2D eigenvalue weighted by atomic mass is 79.9. The summed E-state index contributed by atoms with van der Waals surface area (Å²) in [4.78, 5) is 48.4. The monoisotopic (exact) mass is 744 g/mol. The van der Waals surface area contributed by atoms with E-state index in [9.17, 15) is 14.4 Å². The van der Waals surface area contributed by atoms with E-state index < -0.39 is 11.7 Å². The minimum atomic E-state index is -0.734. The molecule has 2 unspecified atom stereocenters. The first kappa shape index (κ1) is 35.8. The van der Waals surface area contributed by atoms with Crippen molar-refractivity contribution in [1.82, 2.24) is 14.7 Å². The van der Waals surface area contributed by atoms with E-state index in [0.717, 1.165) is 53.5 Å². The maximum absolute atomic E-state index is 14.0. The normalized spacial score (nSPS) is 18.7. The fourth-order valence-electron chi connectivity index (χ4n) is 6.77. The number of benzene rings is 3. The average molecular weight is 746 g/mol. The summed E-state index contributed by atoms with van der Waals surface area (Å²) >= 11 is 3.52. The van der Waals surface area contributed by atoms with Crippen LogP contribution in [0.3, 0.4) is 0 Å². The third-order valence-corrected chi connectivity index (χ3v) is 10.1. The molecule has 0 bridgehead atoms. The molecule has 1 aliphatic carbocycles. The van der Waals surface area contributed by atoms with Crippen molar-refractivity contribution in [3.05, 3.63) is 94.5 Å². The Balaban J connectivity index is 1.12. The average Bonchev–Trinajstić information content (AvgIpc) is 3.96. The molecule has 266 valence electrons. The smallest absolute Gasteiger partial charge is 0.410 e. The Bertz CT molecular complexity index is 1620. The molecule has 1 saturated carbocycles. The Labute approximate surface area is 304 Å². The van der Waals surface area contributed by atoms with Crippen LogP contribution in [0.15, 0.2) is 83.3 Å². The van der Waals surface area contributed by atoms with Gasteiger partial charge in [-0.3, -0.25) is 9.59 Å². The van der Waals surface area contributed by atoms with E-state index in [0.29, 0.717) is 57.5 Å². The Morgan fingerprint density at radius 2 is 1.54 bits per heavy atom. The van der Waals surface area contributed by atoms with Gasteiger partial charge in [-0.2, -0.15) is 0 Å². The van der Waals surface area contributed by atoms with E-state index in [-0.39, 0.29) is 23.8 Å². The highest BCUT2D eigenvalue weighted by Gasteiger charge is 2.38. The molecule has 0 spiro atoms. The van der Waals surface area contributed by atoms with Crippen LogP contribution in [-0.2, 0) is 27.3 Å². The van der Waals surface area contributed by atoms with Gasteiger partial charge >= 0.3 is 6.09 Å². The molecule has 2 heterocycles. The van der Waals surface area contributed by atoms with E-state index in [4.69, 9.17) is 9.47 Å². The lowest BCUT2D eigenvalue weighted by Gasteiger charge is -2.37. The summed E-state index contributed by atoms with van der Waals surface area (Å²) in [6.45, 7) is 9.35. The van der Waals surface area contributed by atoms with Gasteiger partial charge in [-0.15, -0.1) is 0 Å². The molecule has 3 aromatic rings. The predicted octanol–water partition coefficient (Wildman–Crippen LogP) is 6.93. The third kappa shape index (κ3) is 9.59. The van der Waals surface area contributed by atoms with Crippen LogP contribution in [0.25, 0.3) is 0 Å². The van der Waals surface area contributed by atoms with E-state index in [1.165, 1.54) is 0 Å². The van der Waals surface area contributed by atoms with Gasteiger partial charge in [-0.1, -0.05) is 64.5 Å². The van der Waals surface area contributed by atoms with E-state index in [2.05, 4.69) is 43.9 Å². The largest absolute Gasteiger partial charge is 0.480 e. The summed E-state index contributed by atoms with van der Waals surface area (Å²) in [5, 5.41) is 0. The number of hydrogen-bond donors (Lipinski definition) is 0. The van der Waals surface area contributed by atoms with Crippen molar-refractivity contribution in [2.45, 2.75) is 77.2 Å². The maximum Gasteiger partial charge on any atom is 0.410 e. The van der Waals surface area contributed by atoms with Gasteiger partial charge in [0, 0.05) is 74.5 Å². The molecule has 2 atom stereocenters. The Kier molecular flexibility index (Phi) is 11.4. The lowest BCUT2D eigenvalue weighted by atomic mass is 9.95. The third-order valence-electron chi connectivity index (χ3n) is 9.55. The number of piperazine rings is 1. The molecular weight excluding hydrogens is 696 g/mol. The summed E-state index contributed by atoms with van der Waals surface area (Å²) < 4.78 is 13.1. The lowest BCUT2D eigenvalue weighted by Crippen LogP contribution is -2.54. The van der Waals surface area contributed by atoms with Crippen molar-refractivity contribution in [3.8, 4) is 5.75 Å². The second-order valence-electron chi connectivity index (χ2n) is 14.7. The number of anilines is 1. The van der Waals surface area contributed by atoms with Crippen molar-refractivity contribution in [2.24, 2.45) is 5.92 Å². The first-order chi connectivity index (χ1) is 24.0. The van der Waals surface area contributed by atoms with Crippen LogP contribution in [0.4, 0.5) is 10.5 Å². The van der Waals surface area contributed by atoms with Gasteiger partial charge in [-0.05, 0) is 81.8 Å². The van der Waals surface area contributed by atoms with Crippen LogP contribution < -0.4 is 9.64 Å². The molecular formula is C40H49BrN4O5. The summed E-state index contributed by atoms with van der Waals surface area (Å²) in [7, 11) is 0. The number of amides is 3. The maximum atomic E-state index is 14.0. The number of carbonyl (C=O) groups is 3. The summed E-state index contributed by atoms with van der Waals surface area (Å²) in [6.07, 6.45) is 3.28. The number of rotatable bonds is 10. The van der Waals surface area contributed by atoms with Gasteiger partial charge in [0.25, 0.3) is 5.91 Å². The molecule has 0 N–H and O–H groups in total. The number of nitrogens with zero attached hydrogens (tertiary/aromatic N) is 4. The second kappa shape index (κ2) is 15.9. The molecule has 9 nitrogen and oxygen atoms in total. The molecule has 2 saturated heterocycles. The first-order valence-electron chi connectivity index (χ1n) is 17.9. The number of carbonyl (C=O) groups excluding carboxylic acids is 3. The van der Waals surface area contributed by atoms with Gasteiger partial charge in [-0.25, -0.2) is 4.79 Å². The van der Waals surface area contributed by atoms with E-state index >= 15 is 0 Å². The molecule has 3 amide bonds.